The molecule has 10 nitrogen and oxygen atoms in total. The number of benzene rings is 2. The SMILES string of the molecule is C[C@H](C(=O)O[C@@H](Cc1c(Cl)cncc1Cl)c1ccc(OC(F)F)c(OCC2CC2)c1)N(C)S(=O)(=O)c1cccc(C(=O)N(C)C)c1. The number of pyridine rings is 1. The van der Waals surface area contributed by atoms with Crippen LogP contribution in [0.4, 0.5) is 8.78 Å². The van der Waals surface area contributed by atoms with Crippen LogP contribution in [-0.4, -0.2) is 74.9 Å². The molecule has 1 heterocycles. The maximum atomic E-state index is 13.6. The van der Waals surface area contributed by atoms with Gasteiger partial charge in [-0.1, -0.05) is 35.3 Å². The largest absolute Gasteiger partial charge is 0.489 e. The van der Waals surface area contributed by atoms with Crippen molar-refractivity contribution in [2.45, 2.75) is 49.8 Å². The molecule has 1 aliphatic rings. The molecule has 3 aromatic rings. The predicted molar refractivity (Wildman–Crippen MR) is 167 cm³/mol. The molecule has 0 N–H and O–H groups in total. The van der Waals surface area contributed by atoms with E-state index in [0.29, 0.717) is 17.0 Å². The lowest BCUT2D eigenvalue weighted by Crippen LogP contribution is -2.41. The van der Waals surface area contributed by atoms with E-state index in [9.17, 15) is 26.8 Å². The fourth-order valence-electron chi connectivity index (χ4n) is 4.38. The van der Waals surface area contributed by atoms with E-state index < -0.39 is 40.7 Å². The van der Waals surface area contributed by atoms with Crippen molar-refractivity contribution in [1.82, 2.24) is 14.2 Å². The number of likely N-dealkylation sites (N-methyl/N-ethyl adjacent to an activating group) is 1. The number of aromatic nitrogens is 1. The minimum Gasteiger partial charge on any atom is -0.489 e. The molecular weight excluding hydrogens is 667 g/mol. The van der Waals surface area contributed by atoms with Crippen molar-refractivity contribution in [2.75, 3.05) is 27.7 Å². The summed E-state index contributed by atoms with van der Waals surface area (Å²) in [7, 11) is 0.0278. The molecule has 1 amide bonds. The number of hydrogen-bond acceptors (Lipinski definition) is 8. The second-order valence-corrected chi connectivity index (χ2v) is 13.8. The van der Waals surface area contributed by atoms with Crippen LogP contribution in [0.3, 0.4) is 0 Å². The Morgan fingerprint density at radius 1 is 1.02 bits per heavy atom. The summed E-state index contributed by atoms with van der Waals surface area (Å²) in [4.78, 5) is 31.1. The Morgan fingerprint density at radius 2 is 1.70 bits per heavy atom. The van der Waals surface area contributed by atoms with E-state index in [4.69, 9.17) is 32.7 Å². The van der Waals surface area contributed by atoms with Crippen molar-refractivity contribution in [3.8, 4) is 11.5 Å². The van der Waals surface area contributed by atoms with Crippen LogP contribution in [0.2, 0.25) is 10.0 Å². The van der Waals surface area contributed by atoms with E-state index >= 15 is 0 Å². The highest BCUT2D eigenvalue weighted by atomic mass is 35.5. The van der Waals surface area contributed by atoms with Crippen LogP contribution >= 0.6 is 23.2 Å². The number of carbonyl (C=O) groups excluding carboxylic acids is 2. The number of alkyl halides is 2. The lowest BCUT2D eigenvalue weighted by atomic mass is 10.0. The van der Waals surface area contributed by atoms with E-state index in [1.54, 1.807) is 0 Å². The van der Waals surface area contributed by atoms with Crippen LogP contribution in [0.25, 0.3) is 0 Å². The fraction of sp³-hybridized carbons (Fsp3) is 0.387. The number of esters is 1. The number of ether oxygens (including phenoxy) is 3. The first-order chi connectivity index (χ1) is 21.7. The van der Waals surface area contributed by atoms with Crippen LogP contribution in [0.1, 0.15) is 47.4 Å². The highest BCUT2D eigenvalue weighted by Gasteiger charge is 2.34. The molecule has 0 saturated heterocycles. The van der Waals surface area contributed by atoms with Gasteiger partial charge in [-0.05, 0) is 67.1 Å². The summed E-state index contributed by atoms with van der Waals surface area (Å²) >= 11 is 12.7. The highest BCUT2D eigenvalue weighted by Crippen LogP contribution is 2.38. The first-order valence-electron chi connectivity index (χ1n) is 14.2. The number of nitrogens with zero attached hydrogens (tertiary/aromatic N) is 3. The van der Waals surface area contributed by atoms with Gasteiger partial charge in [-0.15, -0.1) is 0 Å². The Labute approximate surface area is 276 Å². The first-order valence-corrected chi connectivity index (χ1v) is 16.4. The van der Waals surface area contributed by atoms with Gasteiger partial charge in [-0.2, -0.15) is 13.1 Å². The minimum atomic E-state index is -4.27. The van der Waals surface area contributed by atoms with E-state index in [1.165, 1.54) is 87.8 Å². The Kier molecular flexibility index (Phi) is 11.5. The summed E-state index contributed by atoms with van der Waals surface area (Å²) in [5.74, 6) is -1.19. The van der Waals surface area contributed by atoms with E-state index in [-0.39, 0.29) is 45.0 Å². The third kappa shape index (κ3) is 8.64. The molecule has 0 unspecified atom stereocenters. The molecule has 248 valence electrons. The number of carbonyl (C=O) groups is 2. The van der Waals surface area contributed by atoms with Gasteiger partial charge in [0.1, 0.15) is 12.1 Å². The molecule has 15 heteroatoms. The average molecular weight is 701 g/mol. The molecule has 1 aliphatic carbocycles. The van der Waals surface area contributed by atoms with Gasteiger partial charge >= 0.3 is 12.6 Å². The summed E-state index contributed by atoms with van der Waals surface area (Å²) in [6, 6.07) is 8.27. The van der Waals surface area contributed by atoms with Gasteiger partial charge in [-0.25, -0.2) is 8.42 Å². The molecule has 2 atom stereocenters. The number of rotatable bonds is 14. The Balaban J connectivity index is 1.64. The van der Waals surface area contributed by atoms with E-state index in [2.05, 4.69) is 9.72 Å². The highest BCUT2D eigenvalue weighted by molar-refractivity contribution is 7.89. The molecule has 4 rings (SSSR count). The monoisotopic (exact) mass is 699 g/mol. The Bertz CT molecular complexity index is 1670. The lowest BCUT2D eigenvalue weighted by molar-refractivity contribution is -0.153. The molecule has 1 aromatic heterocycles. The Morgan fingerprint density at radius 3 is 2.30 bits per heavy atom. The second-order valence-electron chi connectivity index (χ2n) is 11.0. The number of halogens is 4. The van der Waals surface area contributed by atoms with Crippen LogP contribution in [0.5, 0.6) is 11.5 Å². The van der Waals surface area contributed by atoms with Crippen molar-refractivity contribution in [1.29, 1.82) is 0 Å². The van der Waals surface area contributed by atoms with Crippen molar-refractivity contribution >= 4 is 45.1 Å². The normalized spacial score (nSPS) is 14.6. The summed E-state index contributed by atoms with van der Waals surface area (Å²) in [6.07, 6.45) is 3.45. The molecule has 46 heavy (non-hydrogen) atoms. The maximum Gasteiger partial charge on any atom is 0.387 e. The third-order valence-corrected chi connectivity index (χ3v) is 9.95. The average Bonchev–Trinajstić information content (AvgIpc) is 3.85. The topological polar surface area (TPSA) is 115 Å². The second kappa shape index (κ2) is 14.9. The van der Waals surface area contributed by atoms with Crippen LogP contribution in [0, 0.1) is 5.92 Å². The fourth-order valence-corrected chi connectivity index (χ4v) is 6.26. The van der Waals surface area contributed by atoms with Gasteiger partial charge in [0, 0.05) is 45.5 Å². The molecule has 2 aromatic carbocycles. The number of sulfonamides is 1. The van der Waals surface area contributed by atoms with Gasteiger partial charge in [0.05, 0.1) is 21.5 Å². The van der Waals surface area contributed by atoms with Crippen LogP contribution in [0.15, 0.2) is 59.8 Å². The molecule has 0 spiro atoms. The van der Waals surface area contributed by atoms with Gasteiger partial charge in [0.25, 0.3) is 5.91 Å². The third-order valence-electron chi connectivity index (χ3n) is 7.38. The zero-order valence-electron chi connectivity index (χ0n) is 25.5. The van der Waals surface area contributed by atoms with Gasteiger partial charge < -0.3 is 19.1 Å². The summed E-state index contributed by atoms with van der Waals surface area (Å²) < 4.78 is 70.5. The predicted octanol–water partition coefficient (Wildman–Crippen LogP) is 6.02. The Hall–Kier alpha value is -3.52. The van der Waals surface area contributed by atoms with Gasteiger partial charge in [0.15, 0.2) is 11.5 Å². The van der Waals surface area contributed by atoms with Crippen molar-refractivity contribution < 1.29 is 41.0 Å². The van der Waals surface area contributed by atoms with Crippen LogP contribution < -0.4 is 9.47 Å². The molecule has 1 fully saturated rings. The maximum absolute atomic E-state index is 13.6. The summed E-state index contributed by atoms with van der Waals surface area (Å²) in [5.41, 5.74) is 0.873. The van der Waals surface area contributed by atoms with Crippen molar-refractivity contribution in [3.63, 3.8) is 0 Å². The molecular formula is C31H33Cl2F2N3O7S. The van der Waals surface area contributed by atoms with Crippen LogP contribution in [-0.2, 0) is 26.0 Å². The number of hydrogen-bond donors (Lipinski definition) is 0. The standard InChI is InChI=1S/C31H33Cl2F2N3O7S/c1-18(38(4)46(41,42)22-7-5-6-21(12-22)29(39)37(2)3)30(40)44-27(14-23-24(32)15-36-16-25(23)33)20-10-11-26(45-31(34)35)28(13-20)43-17-19-8-9-19/h5-7,10-13,15-16,18-19,27,31H,8-9,14,17H2,1-4H3/t18-,27+/m1/s1. The summed E-state index contributed by atoms with van der Waals surface area (Å²) in [6.45, 7) is -1.46. The molecule has 0 aliphatic heterocycles. The zero-order chi connectivity index (χ0) is 33.8. The smallest absolute Gasteiger partial charge is 0.387 e. The molecule has 0 radical (unpaired) electrons. The molecule has 0 bridgehead atoms. The van der Waals surface area contributed by atoms with Crippen molar-refractivity contribution in [3.05, 3.63) is 81.6 Å². The quantitative estimate of drug-likeness (QED) is 0.188. The van der Waals surface area contributed by atoms with E-state index in [1.807, 2.05) is 0 Å². The zero-order valence-corrected chi connectivity index (χ0v) is 27.8. The summed E-state index contributed by atoms with van der Waals surface area (Å²) in [5, 5.41) is 0.382. The number of amides is 1. The first kappa shape index (κ1) is 35.3. The van der Waals surface area contributed by atoms with E-state index in [0.717, 1.165) is 17.1 Å². The van der Waals surface area contributed by atoms with Gasteiger partial charge in [0.2, 0.25) is 10.0 Å². The minimum absolute atomic E-state index is 0.0255. The molecule has 1 saturated carbocycles. The van der Waals surface area contributed by atoms with Crippen molar-refractivity contribution in [2.24, 2.45) is 5.92 Å². The lowest BCUT2D eigenvalue weighted by Gasteiger charge is -2.27. The van der Waals surface area contributed by atoms with Gasteiger partial charge in [-0.3, -0.25) is 14.6 Å².